The van der Waals surface area contributed by atoms with Crippen LogP contribution >= 0.6 is 11.6 Å². The van der Waals surface area contributed by atoms with Crippen LogP contribution in [-0.4, -0.2) is 0 Å². The summed E-state index contributed by atoms with van der Waals surface area (Å²) in [4.78, 5) is 0. The molecular formula is C10H13ClFN. The zero-order chi connectivity index (χ0) is 10.0. The predicted molar refractivity (Wildman–Crippen MR) is 53.4 cm³/mol. The lowest BCUT2D eigenvalue weighted by Gasteiger charge is -2.12. The molecule has 1 aromatic carbocycles. The van der Waals surface area contributed by atoms with Gasteiger partial charge in [-0.25, -0.2) is 4.39 Å². The predicted octanol–water partition coefficient (Wildman–Crippen LogP) is 3.20. The van der Waals surface area contributed by atoms with Gasteiger partial charge in [-0.3, -0.25) is 0 Å². The highest BCUT2D eigenvalue weighted by Gasteiger charge is 2.10. The molecule has 0 aliphatic heterocycles. The lowest BCUT2D eigenvalue weighted by molar-refractivity contribution is 0.614. The van der Waals surface area contributed by atoms with Crippen molar-refractivity contribution < 1.29 is 4.39 Å². The average molecular weight is 202 g/mol. The van der Waals surface area contributed by atoms with Gasteiger partial charge in [-0.1, -0.05) is 24.6 Å². The van der Waals surface area contributed by atoms with E-state index in [1.54, 1.807) is 13.0 Å². The third kappa shape index (κ3) is 2.20. The Bertz CT molecular complexity index is 312. The maximum Gasteiger partial charge on any atom is 0.127 e. The van der Waals surface area contributed by atoms with Gasteiger partial charge in [0.15, 0.2) is 0 Å². The molecule has 2 N–H and O–H groups in total. The Morgan fingerprint density at radius 1 is 1.54 bits per heavy atom. The summed E-state index contributed by atoms with van der Waals surface area (Å²) < 4.78 is 13.0. The van der Waals surface area contributed by atoms with Crippen molar-refractivity contribution in [2.75, 3.05) is 0 Å². The van der Waals surface area contributed by atoms with Crippen molar-refractivity contribution in [2.24, 2.45) is 5.73 Å². The van der Waals surface area contributed by atoms with Crippen LogP contribution in [0.15, 0.2) is 12.1 Å². The normalized spacial score (nSPS) is 13.0. The Hall–Kier alpha value is -0.600. The lowest BCUT2D eigenvalue weighted by Crippen LogP contribution is -2.09. The van der Waals surface area contributed by atoms with Crippen LogP contribution < -0.4 is 5.73 Å². The number of rotatable bonds is 2. The third-order valence-corrected chi connectivity index (χ3v) is 2.44. The second-order valence-electron chi connectivity index (χ2n) is 3.14. The maximum atomic E-state index is 13.0. The molecule has 0 saturated carbocycles. The largest absolute Gasteiger partial charge is 0.324 e. The van der Waals surface area contributed by atoms with Crippen molar-refractivity contribution in [2.45, 2.75) is 26.3 Å². The SMILES string of the molecule is CCC(N)c1cc(C)c(F)cc1Cl. The van der Waals surface area contributed by atoms with Gasteiger partial charge in [0.2, 0.25) is 0 Å². The highest BCUT2D eigenvalue weighted by atomic mass is 35.5. The molecule has 0 aliphatic carbocycles. The molecule has 72 valence electrons. The van der Waals surface area contributed by atoms with Gasteiger partial charge in [0.1, 0.15) is 5.82 Å². The topological polar surface area (TPSA) is 26.0 Å². The van der Waals surface area contributed by atoms with E-state index in [4.69, 9.17) is 17.3 Å². The number of nitrogens with two attached hydrogens (primary N) is 1. The monoisotopic (exact) mass is 201 g/mol. The molecule has 1 atom stereocenters. The summed E-state index contributed by atoms with van der Waals surface area (Å²) in [6, 6.07) is 2.93. The smallest absolute Gasteiger partial charge is 0.127 e. The van der Waals surface area contributed by atoms with Crippen molar-refractivity contribution in [1.29, 1.82) is 0 Å². The third-order valence-electron chi connectivity index (χ3n) is 2.12. The minimum Gasteiger partial charge on any atom is -0.324 e. The fourth-order valence-electron chi connectivity index (χ4n) is 1.18. The molecule has 3 heteroatoms. The number of hydrogen-bond donors (Lipinski definition) is 1. The Balaban J connectivity index is 3.15. The van der Waals surface area contributed by atoms with Gasteiger partial charge in [0.05, 0.1) is 0 Å². The van der Waals surface area contributed by atoms with E-state index < -0.39 is 0 Å². The van der Waals surface area contributed by atoms with E-state index in [9.17, 15) is 4.39 Å². The van der Waals surface area contributed by atoms with Crippen LogP contribution in [0.1, 0.15) is 30.5 Å². The minimum absolute atomic E-state index is 0.105. The number of hydrogen-bond acceptors (Lipinski definition) is 1. The Labute approximate surface area is 82.7 Å². The molecule has 0 spiro atoms. The fraction of sp³-hybridized carbons (Fsp3) is 0.400. The zero-order valence-corrected chi connectivity index (χ0v) is 8.53. The van der Waals surface area contributed by atoms with Crippen LogP contribution in [-0.2, 0) is 0 Å². The maximum absolute atomic E-state index is 13.0. The number of aryl methyl sites for hydroxylation is 1. The molecule has 13 heavy (non-hydrogen) atoms. The van der Waals surface area contributed by atoms with Gasteiger partial charge in [0.25, 0.3) is 0 Å². The quantitative estimate of drug-likeness (QED) is 0.782. The first-order chi connectivity index (χ1) is 6.06. The summed E-state index contributed by atoms with van der Waals surface area (Å²) >= 11 is 5.86. The van der Waals surface area contributed by atoms with Gasteiger partial charge in [-0.05, 0) is 30.5 Å². The highest BCUT2D eigenvalue weighted by molar-refractivity contribution is 6.31. The molecule has 0 aliphatic rings. The van der Waals surface area contributed by atoms with Crippen LogP contribution in [0.5, 0.6) is 0 Å². The fourth-order valence-corrected chi connectivity index (χ4v) is 1.47. The first-order valence-electron chi connectivity index (χ1n) is 4.27. The first kappa shape index (κ1) is 10.5. The van der Waals surface area contributed by atoms with E-state index in [0.717, 1.165) is 12.0 Å². The summed E-state index contributed by atoms with van der Waals surface area (Å²) in [5.74, 6) is -0.281. The Morgan fingerprint density at radius 3 is 2.69 bits per heavy atom. The second kappa shape index (κ2) is 4.07. The molecule has 0 saturated heterocycles. The van der Waals surface area contributed by atoms with E-state index in [1.807, 2.05) is 6.92 Å². The first-order valence-corrected chi connectivity index (χ1v) is 4.65. The molecular weight excluding hydrogens is 189 g/mol. The summed E-state index contributed by atoms with van der Waals surface area (Å²) in [5.41, 5.74) is 7.22. The molecule has 1 aromatic rings. The van der Waals surface area contributed by atoms with Gasteiger partial charge >= 0.3 is 0 Å². The highest BCUT2D eigenvalue weighted by Crippen LogP contribution is 2.26. The molecule has 1 unspecified atom stereocenters. The van der Waals surface area contributed by atoms with E-state index >= 15 is 0 Å². The van der Waals surface area contributed by atoms with Crippen LogP contribution in [0.3, 0.4) is 0 Å². The van der Waals surface area contributed by atoms with E-state index in [-0.39, 0.29) is 11.9 Å². The van der Waals surface area contributed by atoms with Gasteiger partial charge in [-0.15, -0.1) is 0 Å². The molecule has 0 bridgehead atoms. The standard InChI is InChI=1S/C10H13ClFN/c1-3-10(13)7-4-6(2)9(12)5-8(7)11/h4-5,10H,3,13H2,1-2H3. The van der Waals surface area contributed by atoms with Crippen LogP contribution in [0.4, 0.5) is 4.39 Å². The molecule has 1 rings (SSSR count). The van der Waals surface area contributed by atoms with Gasteiger partial charge < -0.3 is 5.73 Å². The molecule has 0 radical (unpaired) electrons. The molecule has 1 nitrogen and oxygen atoms in total. The van der Waals surface area contributed by atoms with Gasteiger partial charge in [0, 0.05) is 11.1 Å². The van der Waals surface area contributed by atoms with Crippen molar-refractivity contribution >= 4 is 11.6 Å². The van der Waals surface area contributed by atoms with Crippen molar-refractivity contribution in [3.05, 3.63) is 34.1 Å². The summed E-state index contributed by atoms with van der Waals surface area (Å²) in [6.07, 6.45) is 0.796. The Kier molecular flexibility index (Phi) is 3.28. The molecule has 0 fully saturated rings. The summed E-state index contributed by atoms with van der Waals surface area (Å²) in [6.45, 7) is 3.68. The van der Waals surface area contributed by atoms with E-state index in [0.29, 0.717) is 10.6 Å². The number of halogens is 2. The summed E-state index contributed by atoms with van der Waals surface area (Å²) in [7, 11) is 0. The zero-order valence-electron chi connectivity index (χ0n) is 7.77. The van der Waals surface area contributed by atoms with Crippen molar-refractivity contribution in [3.63, 3.8) is 0 Å². The van der Waals surface area contributed by atoms with Crippen LogP contribution in [0.2, 0.25) is 5.02 Å². The second-order valence-corrected chi connectivity index (χ2v) is 3.54. The van der Waals surface area contributed by atoms with E-state index in [1.165, 1.54) is 6.07 Å². The van der Waals surface area contributed by atoms with E-state index in [2.05, 4.69) is 0 Å². The minimum atomic E-state index is -0.281. The van der Waals surface area contributed by atoms with Gasteiger partial charge in [-0.2, -0.15) is 0 Å². The van der Waals surface area contributed by atoms with Crippen molar-refractivity contribution in [1.82, 2.24) is 0 Å². The van der Waals surface area contributed by atoms with Crippen LogP contribution in [0.25, 0.3) is 0 Å². The number of benzene rings is 1. The Morgan fingerprint density at radius 2 is 2.15 bits per heavy atom. The van der Waals surface area contributed by atoms with Crippen LogP contribution in [0, 0.1) is 12.7 Å². The lowest BCUT2D eigenvalue weighted by atomic mass is 10.0. The average Bonchev–Trinajstić information content (AvgIpc) is 2.10. The molecule has 0 heterocycles. The van der Waals surface area contributed by atoms with Crippen molar-refractivity contribution in [3.8, 4) is 0 Å². The summed E-state index contributed by atoms with van der Waals surface area (Å²) in [5, 5.41) is 0.414. The molecule has 0 amide bonds. The molecule has 0 aromatic heterocycles.